The molecule has 0 radical (unpaired) electrons. The van der Waals surface area contributed by atoms with Crippen LogP contribution in [0.25, 0.3) is 10.6 Å². The summed E-state index contributed by atoms with van der Waals surface area (Å²) in [5.41, 5.74) is 1.86. The van der Waals surface area contributed by atoms with Gasteiger partial charge in [0.05, 0.1) is 10.6 Å². The predicted molar refractivity (Wildman–Crippen MR) is 95.7 cm³/mol. The number of hydrogen-bond donors (Lipinski definition) is 1. The maximum atomic E-state index is 12.4. The number of rotatable bonds is 4. The highest BCUT2D eigenvalue weighted by atomic mass is 32.1. The molecule has 2 aromatic heterocycles. The first-order chi connectivity index (χ1) is 12.3. The van der Waals surface area contributed by atoms with E-state index in [-0.39, 0.29) is 12.5 Å². The van der Waals surface area contributed by atoms with Gasteiger partial charge in [-0.05, 0) is 35.2 Å². The molecule has 1 N–H and O–H groups in total. The summed E-state index contributed by atoms with van der Waals surface area (Å²) in [6, 6.07) is 15.2. The van der Waals surface area contributed by atoms with E-state index in [9.17, 15) is 4.79 Å². The van der Waals surface area contributed by atoms with Gasteiger partial charge < -0.3 is 14.8 Å². The number of benzene rings is 1. The van der Waals surface area contributed by atoms with Gasteiger partial charge in [0.2, 0.25) is 6.10 Å². The average molecular weight is 352 g/mol. The number of ether oxygens (including phenoxy) is 2. The number of para-hydroxylation sites is 2. The molecule has 126 valence electrons. The predicted octanol–water partition coefficient (Wildman–Crippen LogP) is 3.27. The van der Waals surface area contributed by atoms with Crippen molar-refractivity contribution in [3.63, 3.8) is 0 Å². The lowest BCUT2D eigenvalue weighted by Gasteiger charge is -2.25. The molecule has 3 heterocycles. The van der Waals surface area contributed by atoms with Gasteiger partial charge in [-0.3, -0.25) is 9.78 Å². The van der Waals surface area contributed by atoms with Crippen LogP contribution >= 0.6 is 11.3 Å². The molecule has 0 fully saturated rings. The molecule has 25 heavy (non-hydrogen) atoms. The first-order valence-electron chi connectivity index (χ1n) is 7.95. The third-order valence-electron chi connectivity index (χ3n) is 3.90. The molecule has 6 heteroatoms. The molecule has 1 atom stereocenters. The monoisotopic (exact) mass is 352 g/mol. The lowest BCUT2D eigenvalue weighted by atomic mass is 10.1. The van der Waals surface area contributed by atoms with Gasteiger partial charge in [0.1, 0.15) is 6.61 Å². The lowest BCUT2D eigenvalue weighted by Crippen LogP contribution is -2.43. The van der Waals surface area contributed by atoms with Crippen LogP contribution in [0, 0.1) is 0 Å². The maximum Gasteiger partial charge on any atom is 0.264 e. The number of nitrogens with zero attached hydrogens (tertiary/aromatic N) is 1. The van der Waals surface area contributed by atoms with Crippen molar-refractivity contribution in [1.82, 2.24) is 10.3 Å². The van der Waals surface area contributed by atoms with E-state index in [0.717, 1.165) is 16.1 Å². The fourth-order valence-electron chi connectivity index (χ4n) is 2.66. The molecule has 0 bridgehead atoms. The second-order valence-electron chi connectivity index (χ2n) is 5.57. The summed E-state index contributed by atoms with van der Waals surface area (Å²) in [7, 11) is 0. The van der Waals surface area contributed by atoms with E-state index >= 15 is 0 Å². The number of amides is 1. The normalized spacial score (nSPS) is 15.6. The summed E-state index contributed by atoms with van der Waals surface area (Å²) in [6.45, 7) is 0.592. The molecule has 0 aliphatic carbocycles. The zero-order valence-corrected chi connectivity index (χ0v) is 14.2. The zero-order chi connectivity index (χ0) is 17.1. The Morgan fingerprint density at radius 2 is 2.04 bits per heavy atom. The Kier molecular flexibility index (Phi) is 4.35. The number of carbonyl (C=O) groups is 1. The minimum atomic E-state index is -0.656. The van der Waals surface area contributed by atoms with Crippen molar-refractivity contribution >= 4 is 17.2 Å². The molecule has 0 unspecified atom stereocenters. The van der Waals surface area contributed by atoms with Crippen LogP contribution in [-0.2, 0) is 11.3 Å². The molecule has 4 rings (SSSR count). The molecular formula is C19H16N2O3S. The Balaban J connectivity index is 1.44. The zero-order valence-electron chi connectivity index (χ0n) is 13.3. The van der Waals surface area contributed by atoms with Gasteiger partial charge in [-0.25, -0.2) is 0 Å². The van der Waals surface area contributed by atoms with Crippen LogP contribution in [0.4, 0.5) is 0 Å². The topological polar surface area (TPSA) is 60.5 Å². The summed E-state index contributed by atoms with van der Waals surface area (Å²) in [4.78, 5) is 18.0. The molecule has 0 saturated heterocycles. The van der Waals surface area contributed by atoms with Gasteiger partial charge in [0, 0.05) is 12.7 Å². The van der Waals surface area contributed by atoms with Crippen molar-refractivity contribution in [1.29, 1.82) is 0 Å². The molecule has 1 aliphatic rings. The minimum Gasteiger partial charge on any atom is -0.485 e. The van der Waals surface area contributed by atoms with Gasteiger partial charge >= 0.3 is 0 Å². The highest BCUT2D eigenvalue weighted by Gasteiger charge is 2.27. The maximum absolute atomic E-state index is 12.4. The van der Waals surface area contributed by atoms with E-state index in [1.165, 1.54) is 0 Å². The van der Waals surface area contributed by atoms with Crippen molar-refractivity contribution in [2.24, 2.45) is 0 Å². The van der Waals surface area contributed by atoms with Crippen molar-refractivity contribution in [2.45, 2.75) is 12.6 Å². The highest BCUT2D eigenvalue weighted by Crippen LogP contribution is 2.31. The highest BCUT2D eigenvalue weighted by molar-refractivity contribution is 7.13. The quantitative estimate of drug-likeness (QED) is 0.783. The Bertz CT molecular complexity index is 880. The van der Waals surface area contributed by atoms with E-state index < -0.39 is 6.10 Å². The molecular weight excluding hydrogens is 336 g/mol. The number of thiophene rings is 1. The van der Waals surface area contributed by atoms with Crippen molar-refractivity contribution in [3.05, 3.63) is 65.7 Å². The number of nitrogens with one attached hydrogen (secondary N) is 1. The molecule has 0 spiro atoms. The van der Waals surface area contributed by atoms with E-state index in [2.05, 4.69) is 10.3 Å². The lowest BCUT2D eigenvalue weighted by molar-refractivity contribution is -0.130. The Labute approximate surface area is 149 Å². The van der Waals surface area contributed by atoms with E-state index in [4.69, 9.17) is 9.47 Å². The van der Waals surface area contributed by atoms with Crippen LogP contribution in [0.3, 0.4) is 0 Å². The first-order valence-corrected chi connectivity index (χ1v) is 8.83. The molecule has 5 nitrogen and oxygen atoms in total. The third kappa shape index (κ3) is 3.34. The standard InChI is InChI=1S/C19H16N2O3S/c22-19(16-12-23-14-6-1-2-7-15(14)24-16)21-11-13-5-3-9-20-18(13)17-8-4-10-25-17/h1-10,16H,11-12H2,(H,21,22)/t16-/m1/s1. The number of fused-ring (bicyclic) bond motifs is 1. The van der Waals surface area contributed by atoms with Crippen LogP contribution in [0.5, 0.6) is 11.5 Å². The molecule has 1 amide bonds. The van der Waals surface area contributed by atoms with Gasteiger partial charge in [0.25, 0.3) is 5.91 Å². The molecule has 1 aliphatic heterocycles. The summed E-state index contributed by atoms with van der Waals surface area (Å²) < 4.78 is 11.3. The molecule has 1 aromatic carbocycles. The summed E-state index contributed by atoms with van der Waals surface area (Å²) in [5, 5.41) is 4.93. The van der Waals surface area contributed by atoms with E-state index in [1.807, 2.05) is 47.8 Å². The molecule has 0 saturated carbocycles. The van der Waals surface area contributed by atoms with Crippen LogP contribution in [0.15, 0.2) is 60.1 Å². The summed E-state index contributed by atoms with van der Waals surface area (Å²) in [5.74, 6) is 1.06. The second kappa shape index (κ2) is 6.94. The third-order valence-corrected chi connectivity index (χ3v) is 4.78. The Hall–Kier alpha value is -2.86. The van der Waals surface area contributed by atoms with Gasteiger partial charge in [0.15, 0.2) is 11.5 Å². The summed E-state index contributed by atoms with van der Waals surface area (Å²) in [6.07, 6.45) is 1.10. The van der Waals surface area contributed by atoms with Crippen molar-refractivity contribution in [2.75, 3.05) is 6.61 Å². The fourth-order valence-corrected chi connectivity index (χ4v) is 3.42. The van der Waals surface area contributed by atoms with Crippen LogP contribution < -0.4 is 14.8 Å². The largest absolute Gasteiger partial charge is 0.485 e. The first kappa shape index (κ1) is 15.7. The van der Waals surface area contributed by atoms with Crippen molar-refractivity contribution < 1.29 is 14.3 Å². The fraction of sp³-hybridized carbons (Fsp3) is 0.158. The van der Waals surface area contributed by atoms with Crippen LogP contribution in [0.2, 0.25) is 0 Å². The van der Waals surface area contributed by atoms with E-state index in [0.29, 0.717) is 18.0 Å². The summed E-state index contributed by atoms with van der Waals surface area (Å²) >= 11 is 1.62. The van der Waals surface area contributed by atoms with Crippen LogP contribution in [0.1, 0.15) is 5.56 Å². The van der Waals surface area contributed by atoms with Gasteiger partial charge in [-0.15, -0.1) is 11.3 Å². The minimum absolute atomic E-state index is 0.199. The SMILES string of the molecule is O=C(NCc1cccnc1-c1cccs1)[C@H]1COc2ccccc2O1. The van der Waals surface area contributed by atoms with E-state index in [1.54, 1.807) is 23.6 Å². The van der Waals surface area contributed by atoms with Crippen molar-refractivity contribution in [3.8, 4) is 22.1 Å². The van der Waals surface area contributed by atoms with Gasteiger partial charge in [-0.2, -0.15) is 0 Å². The number of aromatic nitrogens is 1. The Morgan fingerprint density at radius 1 is 1.16 bits per heavy atom. The molecule has 3 aromatic rings. The smallest absolute Gasteiger partial charge is 0.264 e. The number of pyridine rings is 1. The second-order valence-corrected chi connectivity index (χ2v) is 6.52. The Morgan fingerprint density at radius 3 is 2.88 bits per heavy atom. The average Bonchev–Trinajstić information content (AvgIpc) is 3.20. The number of hydrogen-bond acceptors (Lipinski definition) is 5. The number of carbonyl (C=O) groups excluding carboxylic acids is 1. The van der Waals surface area contributed by atoms with Crippen LogP contribution in [-0.4, -0.2) is 23.6 Å². The van der Waals surface area contributed by atoms with Gasteiger partial charge in [-0.1, -0.05) is 24.3 Å².